The number of carbonyl (C=O) groups excluding carboxylic acids is 1. The Bertz CT molecular complexity index is 416. The van der Waals surface area contributed by atoms with Gasteiger partial charge in [0.25, 0.3) is 0 Å². The highest BCUT2D eigenvalue weighted by Gasteiger charge is 2.21. The third-order valence-electron chi connectivity index (χ3n) is 3.80. The molecule has 1 aromatic heterocycles. The number of urea groups is 1. The van der Waals surface area contributed by atoms with Crippen molar-refractivity contribution in [1.29, 1.82) is 0 Å². The molecule has 2 N–H and O–H groups in total. The van der Waals surface area contributed by atoms with Gasteiger partial charge in [-0.15, -0.1) is 0 Å². The number of aliphatic hydroxyl groups excluding tert-OH is 1. The van der Waals surface area contributed by atoms with Crippen molar-refractivity contribution in [3.63, 3.8) is 0 Å². The summed E-state index contributed by atoms with van der Waals surface area (Å²) in [6.45, 7) is 0.651. The van der Waals surface area contributed by atoms with E-state index in [4.69, 9.17) is 0 Å². The molecule has 0 bridgehead atoms. The quantitative estimate of drug-likeness (QED) is 0.878. The Morgan fingerprint density at radius 2 is 2.15 bits per heavy atom. The standard InChI is InChI=1S/C15H23N3O2/c1-18(11-9-12-4-2-3-10-16-12)15(20)17-13-5-7-14(19)8-6-13/h2-4,10,13-14,19H,5-9,11H2,1H3,(H,17,20). The van der Waals surface area contributed by atoms with Gasteiger partial charge < -0.3 is 15.3 Å². The van der Waals surface area contributed by atoms with Crippen molar-refractivity contribution < 1.29 is 9.90 Å². The van der Waals surface area contributed by atoms with Crippen LogP contribution >= 0.6 is 0 Å². The van der Waals surface area contributed by atoms with Crippen LogP contribution in [0.4, 0.5) is 4.79 Å². The molecule has 20 heavy (non-hydrogen) atoms. The van der Waals surface area contributed by atoms with Gasteiger partial charge in [0.05, 0.1) is 6.10 Å². The number of nitrogens with one attached hydrogen (secondary N) is 1. The lowest BCUT2D eigenvalue weighted by atomic mass is 9.93. The molecule has 1 aliphatic rings. The van der Waals surface area contributed by atoms with Crippen molar-refractivity contribution in [3.8, 4) is 0 Å². The normalized spacial score (nSPS) is 22.3. The first-order chi connectivity index (χ1) is 9.65. The van der Waals surface area contributed by atoms with Gasteiger partial charge in [-0.1, -0.05) is 6.07 Å². The Labute approximate surface area is 120 Å². The minimum absolute atomic E-state index is 0.0395. The highest BCUT2D eigenvalue weighted by Crippen LogP contribution is 2.18. The minimum atomic E-state index is -0.190. The molecule has 0 aromatic carbocycles. The van der Waals surface area contributed by atoms with Gasteiger partial charge in [-0.25, -0.2) is 4.79 Å². The molecule has 0 radical (unpaired) electrons. The van der Waals surface area contributed by atoms with Gasteiger partial charge in [-0.05, 0) is 37.8 Å². The number of hydrogen-bond donors (Lipinski definition) is 2. The largest absolute Gasteiger partial charge is 0.393 e. The van der Waals surface area contributed by atoms with E-state index in [-0.39, 0.29) is 18.2 Å². The molecule has 0 unspecified atom stereocenters. The van der Waals surface area contributed by atoms with E-state index < -0.39 is 0 Å². The Morgan fingerprint density at radius 3 is 2.80 bits per heavy atom. The van der Waals surface area contributed by atoms with Gasteiger partial charge >= 0.3 is 6.03 Å². The maximum Gasteiger partial charge on any atom is 0.317 e. The van der Waals surface area contributed by atoms with E-state index in [1.807, 2.05) is 18.2 Å². The highest BCUT2D eigenvalue weighted by atomic mass is 16.3. The van der Waals surface area contributed by atoms with Gasteiger partial charge in [-0.3, -0.25) is 4.98 Å². The lowest BCUT2D eigenvalue weighted by Crippen LogP contribution is -2.45. The predicted molar refractivity (Wildman–Crippen MR) is 77.4 cm³/mol. The Morgan fingerprint density at radius 1 is 1.40 bits per heavy atom. The van der Waals surface area contributed by atoms with Crippen molar-refractivity contribution >= 4 is 6.03 Å². The summed E-state index contributed by atoms with van der Waals surface area (Å²) in [7, 11) is 1.80. The molecule has 2 amide bonds. The second-order valence-electron chi connectivity index (χ2n) is 5.45. The number of aromatic nitrogens is 1. The number of pyridine rings is 1. The molecule has 110 valence electrons. The number of likely N-dealkylation sites (N-methyl/N-ethyl adjacent to an activating group) is 1. The summed E-state index contributed by atoms with van der Waals surface area (Å²) >= 11 is 0. The molecule has 1 saturated carbocycles. The van der Waals surface area contributed by atoms with E-state index in [2.05, 4.69) is 10.3 Å². The smallest absolute Gasteiger partial charge is 0.317 e. The molecule has 1 fully saturated rings. The van der Waals surface area contributed by atoms with Crippen molar-refractivity contribution in [2.45, 2.75) is 44.2 Å². The molecule has 1 heterocycles. The van der Waals surface area contributed by atoms with Crippen LogP contribution < -0.4 is 5.32 Å². The molecule has 1 aliphatic carbocycles. The summed E-state index contributed by atoms with van der Waals surface area (Å²) in [5.41, 5.74) is 0.993. The predicted octanol–water partition coefficient (Wildman–Crippen LogP) is 1.57. The van der Waals surface area contributed by atoms with Crippen molar-refractivity contribution in [2.75, 3.05) is 13.6 Å². The molecule has 5 heteroatoms. The SMILES string of the molecule is CN(CCc1ccccn1)C(=O)NC1CCC(O)CC1. The number of aliphatic hydroxyl groups is 1. The first-order valence-electron chi connectivity index (χ1n) is 7.25. The summed E-state index contributed by atoms with van der Waals surface area (Å²) in [6.07, 6.45) is 5.62. The van der Waals surface area contributed by atoms with E-state index in [1.165, 1.54) is 0 Å². The van der Waals surface area contributed by atoms with E-state index in [0.717, 1.165) is 37.8 Å². The van der Waals surface area contributed by atoms with Gasteiger partial charge in [0, 0.05) is 37.9 Å². The summed E-state index contributed by atoms with van der Waals surface area (Å²) in [6, 6.07) is 5.96. The number of nitrogens with zero attached hydrogens (tertiary/aromatic N) is 2. The van der Waals surface area contributed by atoms with Crippen molar-refractivity contribution in [3.05, 3.63) is 30.1 Å². The Balaban J connectivity index is 1.72. The van der Waals surface area contributed by atoms with Gasteiger partial charge in [0.1, 0.15) is 0 Å². The van der Waals surface area contributed by atoms with Crippen LogP contribution in [0.1, 0.15) is 31.4 Å². The fraction of sp³-hybridized carbons (Fsp3) is 0.600. The third kappa shape index (κ3) is 4.49. The number of carbonyl (C=O) groups is 1. The van der Waals surface area contributed by atoms with Crippen LogP contribution in [0.5, 0.6) is 0 Å². The molecule has 0 aliphatic heterocycles. The monoisotopic (exact) mass is 277 g/mol. The van der Waals surface area contributed by atoms with Crippen LogP contribution in [0.15, 0.2) is 24.4 Å². The minimum Gasteiger partial charge on any atom is -0.393 e. The summed E-state index contributed by atoms with van der Waals surface area (Å²) in [5, 5.41) is 12.5. The molecular formula is C15H23N3O2. The molecule has 0 atom stereocenters. The van der Waals surface area contributed by atoms with Gasteiger partial charge in [0.15, 0.2) is 0 Å². The van der Waals surface area contributed by atoms with E-state index in [1.54, 1.807) is 18.1 Å². The van der Waals surface area contributed by atoms with Crippen LogP contribution in [-0.4, -0.2) is 46.8 Å². The summed E-state index contributed by atoms with van der Waals surface area (Å²) in [5.74, 6) is 0. The van der Waals surface area contributed by atoms with Crippen LogP contribution in [-0.2, 0) is 6.42 Å². The van der Waals surface area contributed by atoms with Gasteiger partial charge in [-0.2, -0.15) is 0 Å². The van der Waals surface area contributed by atoms with Crippen LogP contribution in [0.2, 0.25) is 0 Å². The fourth-order valence-electron chi connectivity index (χ4n) is 2.43. The average molecular weight is 277 g/mol. The zero-order valence-electron chi connectivity index (χ0n) is 12.0. The third-order valence-corrected chi connectivity index (χ3v) is 3.80. The van der Waals surface area contributed by atoms with Crippen molar-refractivity contribution in [1.82, 2.24) is 15.2 Å². The topological polar surface area (TPSA) is 65.5 Å². The fourth-order valence-corrected chi connectivity index (χ4v) is 2.43. The molecule has 2 rings (SSSR count). The first kappa shape index (κ1) is 14.8. The lowest BCUT2D eigenvalue weighted by molar-refractivity contribution is 0.116. The van der Waals surface area contributed by atoms with E-state index >= 15 is 0 Å². The first-order valence-corrected chi connectivity index (χ1v) is 7.25. The molecule has 1 aromatic rings. The summed E-state index contributed by atoms with van der Waals surface area (Å²) < 4.78 is 0. The maximum absolute atomic E-state index is 12.0. The van der Waals surface area contributed by atoms with E-state index in [0.29, 0.717) is 6.54 Å². The Kier molecular flexibility index (Phi) is 5.35. The van der Waals surface area contributed by atoms with Crippen LogP contribution in [0, 0.1) is 0 Å². The second kappa shape index (κ2) is 7.24. The van der Waals surface area contributed by atoms with Crippen molar-refractivity contribution in [2.24, 2.45) is 0 Å². The number of amides is 2. The summed E-state index contributed by atoms with van der Waals surface area (Å²) in [4.78, 5) is 18.0. The maximum atomic E-state index is 12.0. The highest BCUT2D eigenvalue weighted by molar-refractivity contribution is 5.74. The zero-order chi connectivity index (χ0) is 14.4. The molecular weight excluding hydrogens is 254 g/mol. The molecule has 5 nitrogen and oxygen atoms in total. The molecule has 0 saturated heterocycles. The number of hydrogen-bond acceptors (Lipinski definition) is 3. The van der Waals surface area contributed by atoms with Crippen LogP contribution in [0.3, 0.4) is 0 Å². The lowest BCUT2D eigenvalue weighted by Gasteiger charge is -2.28. The Hall–Kier alpha value is -1.62. The van der Waals surface area contributed by atoms with Crippen LogP contribution in [0.25, 0.3) is 0 Å². The van der Waals surface area contributed by atoms with Gasteiger partial charge in [0.2, 0.25) is 0 Å². The van der Waals surface area contributed by atoms with E-state index in [9.17, 15) is 9.90 Å². The second-order valence-corrected chi connectivity index (χ2v) is 5.45. The number of rotatable bonds is 4. The zero-order valence-corrected chi connectivity index (χ0v) is 12.0. The molecule has 0 spiro atoms. The average Bonchev–Trinajstić information content (AvgIpc) is 2.48.